The molecule has 0 radical (unpaired) electrons. The molecule has 2 amide bonds. The van der Waals surface area contributed by atoms with Gasteiger partial charge in [-0.3, -0.25) is 9.59 Å². The molecule has 1 saturated heterocycles. The summed E-state index contributed by atoms with van der Waals surface area (Å²) in [4.78, 5) is 26.2. The first-order valence-electron chi connectivity index (χ1n) is 8.15. The highest BCUT2D eigenvalue weighted by Gasteiger charge is 2.22. The maximum Gasteiger partial charge on any atom is 0.244 e. The highest BCUT2D eigenvalue weighted by molar-refractivity contribution is 5.95. The maximum absolute atomic E-state index is 12.4. The van der Waals surface area contributed by atoms with Gasteiger partial charge >= 0.3 is 0 Å². The number of carbonyl (C=O) groups is 2. The van der Waals surface area contributed by atoms with Gasteiger partial charge < -0.3 is 25.0 Å². The average Bonchev–Trinajstić information content (AvgIpc) is 2.61. The first kappa shape index (κ1) is 21.2. The summed E-state index contributed by atoms with van der Waals surface area (Å²) >= 11 is 0. The van der Waals surface area contributed by atoms with Gasteiger partial charge in [-0.2, -0.15) is 0 Å². The molecule has 8 heteroatoms. The summed E-state index contributed by atoms with van der Waals surface area (Å²) in [6, 6.07) is 7.19. The van der Waals surface area contributed by atoms with E-state index < -0.39 is 0 Å². The molecule has 1 aromatic carbocycles. The van der Waals surface area contributed by atoms with Crippen molar-refractivity contribution in [3.63, 3.8) is 0 Å². The van der Waals surface area contributed by atoms with Crippen LogP contribution in [0.1, 0.15) is 13.3 Å². The van der Waals surface area contributed by atoms with Gasteiger partial charge in [-0.1, -0.05) is 12.1 Å². The van der Waals surface area contributed by atoms with Crippen molar-refractivity contribution in [2.24, 2.45) is 0 Å². The minimum absolute atomic E-state index is 0. The predicted molar refractivity (Wildman–Crippen MR) is 98.4 cm³/mol. The summed E-state index contributed by atoms with van der Waals surface area (Å²) < 4.78 is 10.6. The molecule has 2 rings (SSSR count). The summed E-state index contributed by atoms with van der Waals surface area (Å²) in [6.07, 6.45) is 0.329. The number of methoxy groups -OCH3 is 1. The number of morpholine rings is 1. The molecule has 0 bridgehead atoms. The van der Waals surface area contributed by atoms with Crippen LogP contribution >= 0.6 is 12.4 Å². The molecule has 1 heterocycles. The fourth-order valence-corrected chi connectivity index (χ4v) is 2.58. The molecule has 1 aliphatic rings. The zero-order chi connectivity index (χ0) is 17.4. The van der Waals surface area contributed by atoms with Gasteiger partial charge in [0.05, 0.1) is 32.6 Å². The molecule has 2 N–H and O–H groups in total. The van der Waals surface area contributed by atoms with Gasteiger partial charge in [0.1, 0.15) is 5.75 Å². The molecule has 1 aliphatic heterocycles. The number of nitrogens with one attached hydrogen (secondary N) is 2. The topological polar surface area (TPSA) is 79.9 Å². The van der Waals surface area contributed by atoms with Gasteiger partial charge in [0.15, 0.2) is 0 Å². The molecule has 140 valence electrons. The van der Waals surface area contributed by atoms with Gasteiger partial charge in [0.25, 0.3) is 0 Å². The molecule has 0 spiro atoms. The van der Waals surface area contributed by atoms with E-state index >= 15 is 0 Å². The zero-order valence-electron chi connectivity index (χ0n) is 14.6. The Morgan fingerprint density at radius 1 is 1.40 bits per heavy atom. The molecule has 1 aromatic rings. The number of hydrogen-bond donors (Lipinski definition) is 2. The van der Waals surface area contributed by atoms with E-state index in [1.54, 1.807) is 24.1 Å². The quantitative estimate of drug-likeness (QED) is 0.754. The Bertz CT molecular complexity index is 565. The van der Waals surface area contributed by atoms with Gasteiger partial charge in [-0.05, 0) is 19.1 Å². The second-order valence-corrected chi connectivity index (χ2v) is 5.59. The van der Waals surface area contributed by atoms with Crippen LogP contribution in [0.3, 0.4) is 0 Å². The van der Waals surface area contributed by atoms with E-state index in [1.165, 1.54) is 0 Å². The van der Waals surface area contributed by atoms with Crippen molar-refractivity contribution < 1.29 is 19.1 Å². The lowest BCUT2D eigenvalue weighted by Crippen LogP contribution is -2.46. The van der Waals surface area contributed by atoms with Crippen LogP contribution < -0.4 is 15.4 Å². The van der Waals surface area contributed by atoms with Crippen molar-refractivity contribution in [3.8, 4) is 5.75 Å². The molecule has 0 aliphatic carbocycles. The normalized spacial score (nSPS) is 16.5. The third-order valence-electron chi connectivity index (χ3n) is 3.87. The van der Waals surface area contributed by atoms with E-state index in [4.69, 9.17) is 9.47 Å². The van der Waals surface area contributed by atoms with Crippen molar-refractivity contribution in [2.45, 2.75) is 19.4 Å². The Kier molecular flexibility index (Phi) is 9.26. The van der Waals surface area contributed by atoms with E-state index in [0.29, 0.717) is 37.6 Å². The van der Waals surface area contributed by atoms with Crippen LogP contribution in [0.25, 0.3) is 0 Å². The number of benzene rings is 1. The predicted octanol–water partition coefficient (Wildman–Crippen LogP) is 1.28. The van der Waals surface area contributed by atoms with Crippen molar-refractivity contribution in [3.05, 3.63) is 24.3 Å². The highest BCUT2D eigenvalue weighted by atomic mass is 35.5. The Morgan fingerprint density at radius 2 is 2.16 bits per heavy atom. The average molecular weight is 372 g/mol. The highest BCUT2D eigenvalue weighted by Crippen LogP contribution is 2.22. The standard InChI is InChI=1S/C17H25N3O4.ClH/c1-3-20(17(22)10-13-12-24-9-8-18-13)11-16(21)19-14-6-4-5-7-15(14)23-2;/h4-7,13,18H,3,8-12H2,1-2H3,(H,19,21);1H. The van der Waals surface area contributed by atoms with Crippen LogP contribution in [0.4, 0.5) is 5.69 Å². The summed E-state index contributed by atoms with van der Waals surface area (Å²) in [5.41, 5.74) is 0.593. The first-order valence-corrected chi connectivity index (χ1v) is 8.15. The number of likely N-dealkylation sites (N-methyl/N-ethyl adjacent to an activating group) is 1. The van der Waals surface area contributed by atoms with Gasteiger partial charge in [0, 0.05) is 25.6 Å². The van der Waals surface area contributed by atoms with Crippen molar-refractivity contribution in [2.75, 3.05) is 45.3 Å². The molecule has 1 atom stereocenters. The lowest BCUT2D eigenvalue weighted by Gasteiger charge is -2.26. The van der Waals surface area contributed by atoms with E-state index in [0.717, 1.165) is 6.54 Å². The van der Waals surface area contributed by atoms with Gasteiger partial charge in [-0.15, -0.1) is 12.4 Å². The number of rotatable bonds is 7. The molecule has 1 unspecified atom stereocenters. The van der Waals surface area contributed by atoms with Gasteiger partial charge in [0.2, 0.25) is 11.8 Å². The summed E-state index contributed by atoms with van der Waals surface area (Å²) in [6.45, 7) is 4.30. The third kappa shape index (κ3) is 6.53. The number of nitrogens with zero attached hydrogens (tertiary/aromatic N) is 1. The number of amides is 2. The Morgan fingerprint density at radius 3 is 2.80 bits per heavy atom. The molecule has 0 saturated carbocycles. The fraction of sp³-hybridized carbons (Fsp3) is 0.529. The molecule has 7 nitrogen and oxygen atoms in total. The first-order chi connectivity index (χ1) is 11.6. The Labute approximate surface area is 154 Å². The minimum atomic E-state index is -0.248. The van der Waals surface area contributed by atoms with Crippen LogP contribution in [0, 0.1) is 0 Å². The second-order valence-electron chi connectivity index (χ2n) is 5.59. The van der Waals surface area contributed by atoms with Crippen molar-refractivity contribution in [1.29, 1.82) is 0 Å². The lowest BCUT2D eigenvalue weighted by atomic mass is 10.2. The SMILES string of the molecule is CCN(CC(=O)Nc1ccccc1OC)C(=O)CC1COCCN1.Cl. The smallest absolute Gasteiger partial charge is 0.244 e. The summed E-state index contributed by atoms with van der Waals surface area (Å²) in [5.74, 6) is 0.280. The number of ether oxygens (including phenoxy) is 2. The number of carbonyl (C=O) groups excluding carboxylic acids is 2. The third-order valence-corrected chi connectivity index (χ3v) is 3.87. The monoisotopic (exact) mass is 371 g/mol. The van der Waals surface area contributed by atoms with Crippen LogP contribution in [-0.2, 0) is 14.3 Å². The largest absolute Gasteiger partial charge is 0.495 e. The van der Waals surface area contributed by atoms with Crippen LogP contribution in [0.5, 0.6) is 5.75 Å². The molecule has 25 heavy (non-hydrogen) atoms. The Balaban J connectivity index is 0.00000312. The second kappa shape index (κ2) is 10.9. The van der Waals surface area contributed by atoms with Crippen LogP contribution in [-0.4, -0.2) is 62.7 Å². The maximum atomic E-state index is 12.4. The van der Waals surface area contributed by atoms with E-state index in [-0.39, 0.29) is 36.8 Å². The van der Waals surface area contributed by atoms with Crippen LogP contribution in [0.2, 0.25) is 0 Å². The molecule has 0 aromatic heterocycles. The lowest BCUT2D eigenvalue weighted by molar-refractivity contribution is -0.135. The van der Waals surface area contributed by atoms with E-state index in [2.05, 4.69) is 10.6 Å². The van der Waals surface area contributed by atoms with E-state index in [1.807, 2.05) is 19.1 Å². The fourth-order valence-electron chi connectivity index (χ4n) is 2.58. The molecule has 1 fully saturated rings. The zero-order valence-corrected chi connectivity index (χ0v) is 15.4. The molecular weight excluding hydrogens is 346 g/mol. The number of anilines is 1. The Hall–Kier alpha value is -1.83. The van der Waals surface area contributed by atoms with Crippen molar-refractivity contribution >= 4 is 29.9 Å². The van der Waals surface area contributed by atoms with E-state index in [9.17, 15) is 9.59 Å². The summed E-state index contributed by atoms with van der Waals surface area (Å²) in [5, 5.41) is 6.03. The molecular formula is C17H26ClN3O4. The number of hydrogen-bond acceptors (Lipinski definition) is 5. The number of halogens is 1. The van der Waals surface area contributed by atoms with Crippen LogP contribution in [0.15, 0.2) is 24.3 Å². The minimum Gasteiger partial charge on any atom is -0.495 e. The van der Waals surface area contributed by atoms with Crippen molar-refractivity contribution in [1.82, 2.24) is 10.2 Å². The van der Waals surface area contributed by atoms with Gasteiger partial charge in [-0.25, -0.2) is 0 Å². The number of para-hydroxylation sites is 2. The summed E-state index contributed by atoms with van der Waals surface area (Å²) in [7, 11) is 1.55.